The largest absolute Gasteiger partial charge is 0.379 e. The normalized spacial score (nSPS) is 21.3. The second-order valence-electron chi connectivity index (χ2n) is 7.55. The number of nitrogens with zero attached hydrogens (tertiary/aromatic N) is 2. The number of amides is 2. The van der Waals surface area contributed by atoms with E-state index in [1.165, 1.54) is 16.2 Å². The molecule has 2 saturated heterocycles. The number of halogens is 1. The first-order valence-corrected chi connectivity index (χ1v) is 13.2. The second kappa shape index (κ2) is 11.1. The summed E-state index contributed by atoms with van der Waals surface area (Å²) in [7, 11) is -3.88. The van der Waals surface area contributed by atoms with Crippen molar-refractivity contribution in [3.8, 4) is 0 Å². The topological polar surface area (TPSA) is 105 Å². The summed E-state index contributed by atoms with van der Waals surface area (Å²) >= 11 is 7.20. The summed E-state index contributed by atoms with van der Waals surface area (Å²) in [6.45, 7) is 6.03. The predicted molar refractivity (Wildman–Crippen MR) is 123 cm³/mol. The lowest BCUT2D eigenvalue weighted by atomic mass is 10.2. The van der Waals surface area contributed by atoms with Crippen molar-refractivity contribution in [2.45, 2.75) is 32.4 Å². The molecular weight excluding hydrogens is 478 g/mol. The Labute approximate surface area is 197 Å². The fraction of sp³-hybridized carbons (Fsp3) is 0.600. The highest BCUT2D eigenvalue weighted by molar-refractivity contribution is 7.92. The van der Waals surface area contributed by atoms with E-state index in [4.69, 9.17) is 21.1 Å². The van der Waals surface area contributed by atoms with Gasteiger partial charge >= 0.3 is 0 Å². The predicted octanol–water partition coefficient (Wildman–Crippen LogP) is 1.55. The van der Waals surface area contributed by atoms with Crippen LogP contribution in [0.15, 0.2) is 17.5 Å². The summed E-state index contributed by atoms with van der Waals surface area (Å²) in [5, 5.41) is 1.10. The molecule has 2 aliphatic rings. The molecule has 0 saturated carbocycles. The molecule has 12 heteroatoms. The molecule has 0 radical (unpaired) electrons. The summed E-state index contributed by atoms with van der Waals surface area (Å²) in [6.07, 6.45) is 0.273. The number of sulfonamides is 1. The maximum atomic E-state index is 13.1. The van der Waals surface area contributed by atoms with Gasteiger partial charge in [-0.2, -0.15) is 4.72 Å². The van der Waals surface area contributed by atoms with E-state index in [-0.39, 0.29) is 25.5 Å². The number of morpholine rings is 1. The van der Waals surface area contributed by atoms with E-state index in [1.807, 2.05) is 6.92 Å². The zero-order chi connectivity index (χ0) is 23.3. The van der Waals surface area contributed by atoms with Crippen LogP contribution in [0.1, 0.15) is 25.1 Å². The van der Waals surface area contributed by atoms with Crippen molar-refractivity contribution in [1.29, 1.82) is 0 Å². The Balaban J connectivity index is 1.70. The zero-order valence-corrected chi connectivity index (χ0v) is 20.5. The highest BCUT2D eigenvalue weighted by atomic mass is 35.5. The fourth-order valence-electron chi connectivity index (χ4n) is 3.69. The first-order chi connectivity index (χ1) is 15.2. The average molecular weight is 506 g/mol. The second-order valence-corrected chi connectivity index (χ2v) is 10.8. The number of ether oxygens (including phenoxy) is 2. The molecule has 2 amide bonds. The van der Waals surface area contributed by atoms with Gasteiger partial charge in [-0.05, 0) is 38.0 Å². The standard InChI is InChI=1S/C20H28ClN3O6S2/c1-3-29-12-16(20(26)23-8-10-30-11-9-23)24-7-6-15(19(24)25)22-32(27,28)13-14(2)17-4-5-18(21)31-17/h4-5,13,15-16,22H,3,6-12H2,1-2H3/b14-13-/t15-,16-/m0/s1. The van der Waals surface area contributed by atoms with Crippen molar-refractivity contribution in [3.63, 3.8) is 0 Å². The number of rotatable bonds is 9. The Morgan fingerprint density at radius 2 is 2.09 bits per heavy atom. The SMILES string of the molecule is CCOC[C@@H](C(=O)N1CCOCC1)N1CC[C@H](NS(=O)(=O)/C=C(/C)c2ccc(Cl)s2)C1=O. The Morgan fingerprint density at radius 3 is 2.72 bits per heavy atom. The molecule has 0 aliphatic carbocycles. The quantitative estimate of drug-likeness (QED) is 0.546. The molecule has 32 heavy (non-hydrogen) atoms. The van der Waals surface area contributed by atoms with Crippen LogP contribution in [-0.2, 0) is 29.1 Å². The van der Waals surface area contributed by atoms with E-state index in [9.17, 15) is 18.0 Å². The number of hydrogen-bond acceptors (Lipinski definition) is 7. The fourth-order valence-corrected chi connectivity index (χ4v) is 6.05. The van der Waals surface area contributed by atoms with Gasteiger partial charge in [0.1, 0.15) is 12.1 Å². The molecule has 2 fully saturated rings. The lowest BCUT2D eigenvalue weighted by Gasteiger charge is -2.34. The van der Waals surface area contributed by atoms with Crippen LogP contribution in [0, 0.1) is 0 Å². The smallest absolute Gasteiger partial charge is 0.247 e. The van der Waals surface area contributed by atoms with Crippen LogP contribution in [-0.4, -0.2) is 88.2 Å². The van der Waals surface area contributed by atoms with Crippen LogP contribution in [0.5, 0.6) is 0 Å². The molecule has 3 rings (SSSR count). The maximum Gasteiger partial charge on any atom is 0.247 e. The monoisotopic (exact) mass is 505 g/mol. The van der Waals surface area contributed by atoms with Crippen LogP contribution < -0.4 is 4.72 Å². The average Bonchev–Trinajstić information content (AvgIpc) is 3.35. The van der Waals surface area contributed by atoms with Crippen molar-refractivity contribution < 1.29 is 27.5 Å². The molecule has 9 nitrogen and oxygen atoms in total. The molecule has 3 heterocycles. The number of allylic oxidation sites excluding steroid dienone is 1. The third-order valence-corrected chi connectivity index (χ3v) is 7.95. The Morgan fingerprint density at radius 1 is 1.38 bits per heavy atom. The van der Waals surface area contributed by atoms with E-state index >= 15 is 0 Å². The van der Waals surface area contributed by atoms with Gasteiger partial charge in [0.2, 0.25) is 21.8 Å². The van der Waals surface area contributed by atoms with Crippen molar-refractivity contribution in [2.24, 2.45) is 0 Å². The van der Waals surface area contributed by atoms with Crippen molar-refractivity contribution in [3.05, 3.63) is 26.8 Å². The summed E-state index contributed by atoms with van der Waals surface area (Å²) in [5.74, 6) is -0.631. The van der Waals surface area contributed by atoms with Crippen LogP contribution in [0.25, 0.3) is 5.57 Å². The Hall–Kier alpha value is -1.50. The number of nitrogens with one attached hydrogen (secondary N) is 1. The molecule has 0 unspecified atom stereocenters. The first kappa shape index (κ1) is 25.1. The van der Waals surface area contributed by atoms with Gasteiger partial charge in [0.25, 0.3) is 0 Å². The number of thiophene rings is 1. The number of carbonyl (C=O) groups excluding carboxylic acids is 2. The molecule has 0 bridgehead atoms. The number of carbonyl (C=O) groups is 2. The molecule has 1 N–H and O–H groups in total. The van der Waals surface area contributed by atoms with E-state index in [0.29, 0.717) is 42.8 Å². The van der Waals surface area contributed by atoms with Gasteiger partial charge in [0.05, 0.1) is 29.6 Å². The molecular formula is C20H28ClN3O6S2. The van der Waals surface area contributed by atoms with Gasteiger partial charge in [-0.25, -0.2) is 8.42 Å². The summed E-state index contributed by atoms with van der Waals surface area (Å²) in [5.41, 5.74) is 0.522. The number of hydrogen-bond donors (Lipinski definition) is 1. The minimum Gasteiger partial charge on any atom is -0.379 e. The van der Waals surface area contributed by atoms with Gasteiger partial charge < -0.3 is 19.3 Å². The Kier molecular flexibility index (Phi) is 8.70. The zero-order valence-electron chi connectivity index (χ0n) is 18.1. The van der Waals surface area contributed by atoms with E-state index in [1.54, 1.807) is 24.0 Å². The maximum absolute atomic E-state index is 13.1. The molecule has 0 spiro atoms. The molecule has 1 aromatic rings. The molecule has 0 aromatic carbocycles. The minimum atomic E-state index is -3.88. The van der Waals surface area contributed by atoms with Crippen LogP contribution in [0.2, 0.25) is 4.34 Å². The van der Waals surface area contributed by atoms with E-state index in [2.05, 4.69) is 4.72 Å². The molecule has 178 valence electrons. The van der Waals surface area contributed by atoms with Crippen molar-refractivity contribution in [1.82, 2.24) is 14.5 Å². The third kappa shape index (κ3) is 6.30. The van der Waals surface area contributed by atoms with Gasteiger partial charge in [-0.1, -0.05) is 11.6 Å². The van der Waals surface area contributed by atoms with Crippen LogP contribution in [0.3, 0.4) is 0 Å². The Bertz CT molecular complexity index is 958. The lowest BCUT2D eigenvalue weighted by Crippen LogP contribution is -2.55. The highest BCUT2D eigenvalue weighted by Gasteiger charge is 2.41. The van der Waals surface area contributed by atoms with Gasteiger partial charge in [0, 0.05) is 31.1 Å². The van der Waals surface area contributed by atoms with E-state index < -0.39 is 28.0 Å². The molecule has 2 atom stereocenters. The first-order valence-electron chi connectivity index (χ1n) is 10.4. The minimum absolute atomic E-state index is 0.0655. The van der Waals surface area contributed by atoms with Crippen molar-refractivity contribution >= 4 is 50.3 Å². The highest BCUT2D eigenvalue weighted by Crippen LogP contribution is 2.28. The molecule has 2 aliphatic heterocycles. The van der Waals surface area contributed by atoms with Crippen molar-refractivity contribution in [2.75, 3.05) is 46.1 Å². The van der Waals surface area contributed by atoms with Gasteiger partial charge in [-0.15, -0.1) is 11.3 Å². The summed E-state index contributed by atoms with van der Waals surface area (Å²) in [4.78, 5) is 29.9. The van der Waals surface area contributed by atoms with Gasteiger partial charge in [-0.3, -0.25) is 9.59 Å². The molecule has 1 aromatic heterocycles. The van der Waals surface area contributed by atoms with Crippen LogP contribution in [0.4, 0.5) is 0 Å². The summed E-state index contributed by atoms with van der Waals surface area (Å²) in [6, 6.07) is 1.71. The van der Waals surface area contributed by atoms with Gasteiger partial charge in [0.15, 0.2) is 0 Å². The third-order valence-electron chi connectivity index (χ3n) is 5.30. The lowest BCUT2D eigenvalue weighted by molar-refractivity contribution is -0.149. The van der Waals surface area contributed by atoms with Crippen LogP contribution >= 0.6 is 22.9 Å². The number of likely N-dealkylation sites (tertiary alicyclic amines) is 1. The van der Waals surface area contributed by atoms with E-state index in [0.717, 1.165) is 10.3 Å². The summed E-state index contributed by atoms with van der Waals surface area (Å²) < 4.78 is 39.1.